The van der Waals surface area contributed by atoms with Crippen molar-refractivity contribution in [1.29, 1.82) is 0 Å². The van der Waals surface area contributed by atoms with Crippen LogP contribution in [0.15, 0.2) is 59.8 Å². The van der Waals surface area contributed by atoms with Gasteiger partial charge in [0, 0.05) is 18.3 Å². The number of hydrogen-bond donors (Lipinski definition) is 3. The van der Waals surface area contributed by atoms with E-state index in [1.165, 1.54) is 12.1 Å². The summed E-state index contributed by atoms with van der Waals surface area (Å²) in [5.74, 6) is 0.594. The number of nitrogens with one attached hydrogen (secondary N) is 2. The molecule has 0 amide bonds. The van der Waals surface area contributed by atoms with Crippen LogP contribution in [0.1, 0.15) is 16.8 Å². The molecule has 33 heavy (non-hydrogen) atoms. The molecule has 0 aliphatic rings. The van der Waals surface area contributed by atoms with Crippen LogP contribution in [0.3, 0.4) is 0 Å². The van der Waals surface area contributed by atoms with E-state index in [1.54, 1.807) is 36.2 Å². The van der Waals surface area contributed by atoms with Gasteiger partial charge < -0.3 is 10.5 Å². The number of ether oxygens (including phenoxy) is 1. The summed E-state index contributed by atoms with van der Waals surface area (Å²) < 4.78 is 31.9. The highest BCUT2D eigenvalue weighted by atomic mass is 35.5. The molecule has 10 nitrogen and oxygen atoms in total. The molecule has 4 N–H and O–H groups in total. The van der Waals surface area contributed by atoms with Gasteiger partial charge in [-0.3, -0.25) is 14.6 Å². The van der Waals surface area contributed by atoms with Gasteiger partial charge >= 0.3 is 0 Å². The van der Waals surface area contributed by atoms with Crippen molar-refractivity contribution < 1.29 is 18.0 Å². The monoisotopic (exact) mass is 514 g/mol. The molecule has 0 saturated carbocycles. The van der Waals surface area contributed by atoms with Crippen molar-refractivity contribution >= 4 is 45.7 Å². The van der Waals surface area contributed by atoms with Crippen molar-refractivity contribution in [2.24, 2.45) is 5.73 Å². The predicted octanol–water partition coefficient (Wildman–Crippen LogP) is 2.53. The summed E-state index contributed by atoms with van der Waals surface area (Å²) in [6.07, 6.45) is 3.62. The number of halogens is 2. The van der Waals surface area contributed by atoms with E-state index in [2.05, 4.69) is 20.2 Å². The standard InChI is InChI=1S/C20H22N6O4S.2ClH/c1-29-19-8-14(11-26-12-15(9-21)10-22-26)7-17-20(19)18(24-23-17)13-30-25-31(27,28)16-5-3-2-4-6-16;;/h2-8,10,12,25H,9,11,13,21H2,1H3,(H,23,24);2*1H. The maximum absolute atomic E-state index is 12.3. The zero-order chi connectivity index (χ0) is 21.8. The van der Waals surface area contributed by atoms with Crippen LogP contribution in [0.4, 0.5) is 0 Å². The summed E-state index contributed by atoms with van der Waals surface area (Å²) in [6.45, 7) is 0.901. The van der Waals surface area contributed by atoms with E-state index in [-0.39, 0.29) is 36.3 Å². The lowest BCUT2D eigenvalue weighted by Gasteiger charge is -2.09. The van der Waals surface area contributed by atoms with Gasteiger partial charge in [-0.25, -0.2) is 8.42 Å². The highest BCUT2D eigenvalue weighted by molar-refractivity contribution is 7.89. The Kier molecular flexibility index (Phi) is 9.23. The number of fused-ring (bicyclic) bond motifs is 1. The van der Waals surface area contributed by atoms with Crippen LogP contribution in [0.5, 0.6) is 5.75 Å². The first-order valence-corrected chi connectivity index (χ1v) is 10.9. The third-order valence-corrected chi connectivity index (χ3v) is 5.91. The fourth-order valence-corrected chi connectivity index (χ4v) is 4.03. The molecule has 0 aliphatic heterocycles. The SMILES string of the molecule is COc1cc(Cn2cc(CN)cn2)cc2n[nH]c(CONS(=O)(=O)c3ccccc3)c12.Cl.Cl. The van der Waals surface area contributed by atoms with Gasteiger partial charge in [0.05, 0.1) is 41.3 Å². The number of hydrogen-bond acceptors (Lipinski definition) is 7. The second-order valence-corrected chi connectivity index (χ2v) is 8.48. The summed E-state index contributed by atoms with van der Waals surface area (Å²) in [5.41, 5.74) is 8.78. The Labute approximate surface area is 203 Å². The van der Waals surface area contributed by atoms with Gasteiger partial charge in [0.15, 0.2) is 0 Å². The minimum absolute atomic E-state index is 0. The Morgan fingerprint density at radius 3 is 2.58 bits per heavy atom. The molecule has 0 fully saturated rings. The zero-order valence-corrected chi connectivity index (χ0v) is 20.0. The number of nitrogens with two attached hydrogens (primary N) is 1. The number of H-pyrrole nitrogens is 1. The van der Waals surface area contributed by atoms with Gasteiger partial charge in [-0.2, -0.15) is 10.2 Å². The first kappa shape index (κ1) is 26.6. The Morgan fingerprint density at radius 1 is 1.15 bits per heavy atom. The average Bonchev–Trinajstić information content (AvgIpc) is 3.40. The molecule has 178 valence electrons. The van der Waals surface area contributed by atoms with Crippen LogP contribution in [0.2, 0.25) is 0 Å². The highest BCUT2D eigenvalue weighted by Gasteiger charge is 2.17. The van der Waals surface area contributed by atoms with Crippen LogP contribution in [-0.4, -0.2) is 35.5 Å². The van der Waals surface area contributed by atoms with Crippen molar-refractivity contribution in [2.75, 3.05) is 7.11 Å². The second-order valence-electron chi connectivity index (χ2n) is 6.83. The van der Waals surface area contributed by atoms with Crippen molar-refractivity contribution in [3.8, 4) is 5.75 Å². The molecule has 4 aromatic rings. The normalized spacial score (nSPS) is 11.1. The van der Waals surface area contributed by atoms with E-state index < -0.39 is 10.0 Å². The summed E-state index contributed by atoms with van der Waals surface area (Å²) in [5, 5.41) is 12.2. The lowest BCUT2D eigenvalue weighted by atomic mass is 10.1. The Hall–Kier alpha value is -2.67. The maximum atomic E-state index is 12.3. The Bertz CT molecular complexity index is 1290. The molecule has 2 heterocycles. The van der Waals surface area contributed by atoms with Crippen LogP contribution in [-0.2, 0) is 34.6 Å². The smallest absolute Gasteiger partial charge is 0.262 e. The molecule has 13 heteroatoms. The minimum atomic E-state index is -3.78. The van der Waals surface area contributed by atoms with Crippen LogP contribution < -0.4 is 15.4 Å². The van der Waals surface area contributed by atoms with Crippen molar-refractivity contribution in [1.82, 2.24) is 24.9 Å². The van der Waals surface area contributed by atoms with E-state index >= 15 is 0 Å². The number of nitrogens with zero attached hydrogens (tertiary/aromatic N) is 3. The van der Waals surface area contributed by atoms with Crippen molar-refractivity contribution in [3.63, 3.8) is 0 Å². The van der Waals surface area contributed by atoms with Crippen molar-refractivity contribution in [3.05, 3.63) is 71.7 Å². The molecule has 0 atom stereocenters. The number of sulfonamides is 1. The molecule has 0 bridgehead atoms. The molecule has 2 aromatic carbocycles. The largest absolute Gasteiger partial charge is 0.496 e. The van der Waals surface area contributed by atoms with Crippen molar-refractivity contribution in [2.45, 2.75) is 24.6 Å². The van der Waals surface area contributed by atoms with E-state index in [9.17, 15) is 8.42 Å². The topological polar surface area (TPSA) is 137 Å². The Morgan fingerprint density at radius 2 is 1.91 bits per heavy atom. The van der Waals surface area contributed by atoms with Gasteiger partial charge in [0.25, 0.3) is 10.0 Å². The summed E-state index contributed by atoms with van der Waals surface area (Å²) >= 11 is 0. The van der Waals surface area contributed by atoms with Crippen LogP contribution in [0.25, 0.3) is 10.9 Å². The third kappa shape index (κ3) is 6.02. The molecule has 0 aliphatic carbocycles. The highest BCUT2D eigenvalue weighted by Crippen LogP contribution is 2.30. The number of benzene rings is 2. The van der Waals surface area contributed by atoms with Gasteiger partial charge in [-0.1, -0.05) is 23.1 Å². The van der Waals surface area contributed by atoms with Crippen LogP contribution >= 0.6 is 24.8 Å². The quantitative estimate of drug-likeness (QED) is 0.291. The zero-order valence-electron chi connectivity index (χ0n) is 17.6. The van der Waals surface area contributed by atoms with E-state index in [0.29, 0.717) is 35.4 Å². The van der Waals surface area contributed by atoms with Gasteiger partial charge in [-0.05, 0) is 29.8 Å². The fourth-order valence-electron chi connectivity index (χ4n) is 3.20. The van der Waals surface area contributed by atoms with E-state index in [4.69, 9.17) is 15.3 Å². The lowest BCUT2D eigenvalue weighted by molar-refractivity contribution is 0.0778. The molecular formula is C20H24Cl2N6O4S. The predicted molar refractivity (Wildman–Crippen MR) is 128 cm³/mol. The number of rotatable bonds is 9. The van der Waals surface area contributed by atoms with Gasteiger partial charge in [-0.15, -0.1) is 24.8 Å². The molecule has 0 saturated heterocycles. The second kappa shape index (κ2) is 11.5. The summed E-state index contributed by atoms with van der Waals surface area (Å²) in [4.78, 5) is 7.50. The number of methoxy groups -OCH3 is 1. The first-order chi connectivity index (χ1) is 15.0. The van der Waals surface area contributed by atoms with Crippen LogP contribution in [0, 0.1) is 0 Å². The maximum Gasteiger partial charge on any atom is 0.262 e. The summed E-state index contributed by atoms with van der Waals surface area (Å²) in [7, 11) is -2.22. The molecular weight excluding hydrogens is 491 g/mol. The molecule has 0 spiro atoms. The fraction of sp³-hybridized carbons (Fsp3) is 0.200. The van der Waals surface area contributed by atoms with Gasteiger partial charge in [0.1, 0.15) is 12.4 Å². The first-order valence-electron chi connectivity index (χ1n) is 9.44. The Balaban J connectivity index is 0.00000193. The molecule has 2 aromatic heterocycles. The van der Waals surface area contributed by atoms with E-state index in [0.717, 1.165) is 11.1 Å². The molecule has 0 radical (unpaired) electrons. The van der Waals surface area contributed by atoms with Gasteiger partial charge in [0.2, 0.25) is 0 Å². The molecule has 0 unspecified atom stereocenters. The lowest BCUT2D eigenvalue weighted by Crippen LogP contribution is -2.24. The van der Waals surface area contributed by atoms with E-state index in [1.807, 2.05) is 18.3 Å². The third-order valence-electron chi connectivity index (χ3n) is 4.68. The average molecular weight is 515 g/mol. The summed E-state index contributed by atoms with van der Waals surface area (Å²) in [6, 6.07) is 11.8. The number of aromatic nitrogens is 4. The molecule has 4 rings (SSSR count). The minimum Gasteiger partial charge on any atom is -0.496 e. The number of aromatic amines is 1.